The third-order valence-corrected chi connectivity index (χ3v) is 6.32. The predicted molar refractivity (Wildman–Crippen MR) is 120 cm³/mol. The third kappa shape index (κ3) is 3.83. The first-order chi connectivity index (χ1) is 14.1. The van der Waals surface area contributed by atoms with Gasteiger partial charge in [-0.2, -0.15) is 0 Å². The van der Waals surface area contributed by atoms with E-state index in [1.165, 1.54) is 16.7 Å². The largest absolute Gasteiger partial charge is 0.378 e. The Kier molecular flexibility index (Phi) is 5.75. The van der Waals surface area contributed by atoms with Crippen LogP contribution in [0.3, 0.4) is 0 Å². The van der Waals surface area contributed by atoms with Crippen molar-refractivity contribution < 1.29 is 4.79 Å². The van der Waals surface area contributed by atoms with Crippen molar-refractivity contribution in [2.45, 2.75) is 52.0 Å². The molecular formula is C26H32N2O. The van der Waals surface area contributed by atoms with Gasteiger partial charge in [-0.25, -0.2) is 0 Å². The molecule has 3 atom stereocenters. The van der Waals surface area contributed by atoms with Crippen molar-refractivity contribution in [1.29, 1.82) is 0 Å². The SMILES string of the molecule is CCCN(CCC)C(=O)c1ccc2c(c1)C1C=CCC1C(c1ccc(C)cc1)N2. The first kappa shape index (κ1) is 19.8. The Morgan fingerprint density at radius 3 is 2.48 bits per heavy atom. The predicted octanol–water partition coefficient (Wildman–Crippen LogP) is 6.08. The van der Waals surface area contributed by atoms with Crippen LogP contribution < -0.4 is 5.32 Å². The van der Waals surface area contributed by atoms with Crippen LogP contribution in [0.4, 0.5) is 5.69 Å². The highest BCUT2D eigenvalue weighted by molar-refractivity contribution is 5.95. The Labute approximate surface area is 174 Å². The number of fused-ring (bicyclic) bond motifs is 3. The molecule has 4 rings (SSSR count). The van der Waals surface area contributed by atoms with E-state index in [0.29, 0.717) is 17.9 Å². The number of nitrogens with zero attached hydrogens (tertiary/aromatic N) is 1. The summed E-state index contributed by atoms with van der Waals surface area (Å²) in [4.78, 5) is 15.1. The van der Waals surface area contributed by atoms with Gasteiger partial charge in [0.1, 0.15) is 0 Å². The minimum atomic E-state index is 0.163. The number of benzene rings is 2. The second-order valence-electron chi connectivity index (χ2n) is 8.48. The molecule has 29 heavy (non-hydrogen) atoms. The van der Waals surface area contributed by atoms with Crippen LogP contribution in [0.25, 0.3) is 0 Å². The Morgan fingerprint density at radius 1 is 1.07 bits per heavy atom. The average Bonchev–Trinajstić information content (AvgIpc) is 3.23. The number of nitrogens with one attached hydrogen (secondary N) is 1. The highest BCUT2D eigenvalue weighted by Gasteiger charge is 2.38. The lowest BCUT2D eigenvalue weighted by Crippen LogP contribution is -2.33. The number of carbonyl (C=O) groups is 1. The number of amides is 1. The number of allylic oxidation sites excluding steroid dienone is 2. The molecule has 0 bridgehead atoms. The van der Waals surface area contributed by atoms with E-state index >= 15 is 0 Å². The van der Waals surface area contributed by atoms with Gasteiger partial charge in [-0.1, -0.05) is 55.8 Å². The second kappa shape index (κ2) is 8.44. The lowest BCUT2D eigenvalue weighted by Gasteiger charge is -2.38. The van der Waals surface area contributed by atoms with Gasteiger partial charge in [0.25, 0.3) is 5.91 Å². The second-order valence-corrected chi connectivity index (χ2v) is 8.48. The zero-order chi connectivity index (χ0) is 20.4. The maximum atomic E-state index is 13.1. The Hall–Kier alpha value is -2.55. The molecule has 2 aliphatic rings. The fourth-order valence-corrected chi connectivity index (χ4v) is 4.87. The summed E-state index contributed by atoms with van der Waals surface area (Å²) in [5.41, 5.74) is 5.89. The summed E-state index contributed by atoms with van der Waals surface area (Å²) in [5, 5.41) is 3.78. The van der Waals surface area contributed by atoms with Crippen molar-refractivity contribution in [2.24, 2.45) is 5.92 Å². The van der Waals surface area contributed by atoms with Gasteiger partial charge in [0, 0.05) is 30.3 Å². The molecule has 3 nitrogen and oxygen atoms in total. The Balaban J connectivity index is 1.65. The molecule has 1 amide bonds. The molecule has 1 aliphatic heterocycles. The third-order valence-electron chi connectivity index (χ3n) is 6.32. The lowest BCUT2D eigenvalue weighted by molar-refractivity contribution is 0.0755. The standard InChI is InChI=1S/C26H32N2O/c1-4-15-28(16-5-2)26(29)20-13-14-24-23(17-20)21-7-6-8-22(21)25(27-24)19-11-9-18(3)10-12-19/h6-7,9-14,17,21-22,25,27H,4-5,8,15-16H2,1-3H3. The summed E-state index contributed by atoms with van der Waals surface area (Å²) >= 11 is 0. The van der Waals surface area contributed by atoms with Gasteiger partial charge in [0.05, 0.1) is 6.04 Å². The van der Waals surface area contributed by atoms with Gasteiger partial charge in [-0.3, -0.25) is 4.79 Å². The summed E-state index contributed by atoms with van der Waals surface area (Å²) in [5.74, 6) is 1.03. The minimum Gasteiger partial charge on any atom is -0.378 e. The van der Waals surface area contributed by atoms with E-state index < -0.39 is 0 Å². The van der Waals surface area contributed by atoms with E-state index in [0.717, 1.165) is 43.6 Å². The Morgan fingerprint density at radius 2 is 1.79 bits per heavy atom. The van der Waals surface area contributed by atoms with Crippen LogP contribution in [-0.4, -0.2) is 23.9 Å². The number of hydrogen-bond donors (Lipinski definition) is 1. The molecule has 0 saturated heterocycles. The van der Waals surface area contributed by atoms with E-state index in [9.17, 15) is 4.79 Å². The van der Waals surface area contributed by atoms with E-state index in [1.807, 2.05) is 11.0 Å². The van der Waals surface area contributed by atoms with E-state index in [1.54, 1.807) is 0 Å². The van der Waals surface area contributed by atoms with Gasteiger partial charge < -0.3 is 10.2 Å². The molecule has 3 heteroatoms. The lowest BCUT2D eigenvalue weighted by atomic mass is 9.76. The molecule has 152 valence electrons. The van der Waals surface area contributed by atoms with Gasteiger partial charge in [0.2, 0.25) is 0 Å². The molecule has 1 heterocycles. The summed E-state index contributed by atoms with van der Waals surface area (Å²) in [6.45, 7) is 8.04. The van der Waals surface area contributed by atoms with Gasteiger partial charge in [-0.15, -0.1) is 0 Å². The maximum Gasteiger partial charge on any atom is 0.253 e. The smallest absolute Gasteiger partial charge is 0.253 e. The number of aryl methyl sites for hydroxylation is 1. The minimum absolute atomic E-state index is 0.163. The van der Waals surface area contributed by atoms with Crippen molar-refractivity contribution in [1.82, 2.24) is 4.90 Å². The van der Waals surface area contributed by atoms with Gasteiger partial charge in [-0.05, 0) is 61.4 Å². The maximum absolute atomic E-state index is 13.1. The molecule has 0 spiro atoms. The van der Waals surface area contributed by atoms with Crippen LogP contribution in [0.15, 0.2) is 54.6 Å². The molecule has 0 aromatic heterocycles. The van der Waals surface area contributed by atoms with Crippen LogP contribution >= 0.6 is 0 Å². The Bertz CT molecular complexity index is 893. The zero-order valence-corrected chi connectivity index (χ0v) is 17.8. The summed E-state index contributed by atoms with van der Waals surface area (Å²) in [7, 11) is 0. The molecular weight excluding hydrogens is 356 g/mol. The molecule has 0 saturated carbocycles. The van der Waals surface area contributed by atoms with Crippen LogP contribution in [0.2, 0.25) is 0 Å². The van der Waals surface area contributed by atoms with Crippen molar-refractivity contribution in [2.75, 3.05) is 18.4 Å². The molecule has 0 fully saturated rings. The van der Waals surface area contributed by atoms with Crippen molar-refractivity contribution in [3.8, 4) is 0 Å². The highest BCUT2D eigenvalue weighted by Crippen LogP contribution is 2.50. The number of carbonyl (C=O) groups excluding carboxylic acids is 1. The van der Waals surface area contributed by atoms with Gasteiger partial charge >= 0.3 is 0 Å². The fraction of sp³-hybridized carbons (Fsp3) is 0.423. The molecule has 0 radical (unpaired) electrons. The van der Waals surface area contributed by atoms with Crippen LogP contribution in [0.5, 0.6) is 0 Å². The zero-order valence-electron chi connectivity index (χ0n) is 17.8. The topological polar surface area (TPSA) is 32.3 Å². The highest BCUT2D eigenvalue weighted by atomic mass is 16.2. The number of anilines is 1. The van der Waals surface area contributed by atoms with Crippen molar-refractivity contribution >= 4 is 11.6 Å². The first-order valence-electron chi connectivity index (χ1n) is 11.0. The van der Waals surface area contributed by atoms with Crippen LogP contribution in [-0.2, 0) is 0 Å². The quantitative estimate of drug-likeness (QED) is 0.608. The first-order valence-corrected chi connectivity index (χ1v) is 11.0. The summed E-state index contributed by atoms with van der Waals surface area (Å²) < 4.78 is 0. The molecule has 3 unspecified atom stereocenters. The van der Waals surface area contributed by atoms with Crippen LogP contribution in [0.1, 0.15) is 72.1 Å². The average molecular weight is 389 g/mol. The normalized spacial score (nSPS) is 22.0. The van der Waals surface area contributed by atoms with E-state index in [4.69, 9.17) is 0 Å². The number of rotatable bonds is 6. The fourth-order valence-electron chi connectivity index (χ4n) is 4.87. The molecule has 1 N–H and O–H groups in total. The molecule has 2 aromatic rings. The molecule has 2 aromatic carbocycles. The van der Waals surface area contributed by atoms with Crippen molar-refractivity contribution in [3.63, 3.8) is 0 Å². The summed E-state index contributed by atoms with van der Waals surface area (Å²) in [6.07, 6.45) is 7.71. The van der Waals surface area contributed by atoms with Crippen LogP contribution in [0, 0.1) is 12.8 Å². The molecule has 1 aliphatic carbocycles. The van der Waals surface area contributed by atoms with Gasteiger partial charge in [0.15, 0.2) is 0 Å². The number of hydrogen-bond acceptors (Lipinski definition) is 2. The van der Waals surface area contributed by atoms with E-state index in [-0.39, 0.29) is 5.91 Å². The van der Waals surface area contributed by atoms with Crippen molar-refractivity contribution in [3.05, 3.63) is 76.9 Å². The van der Waals surface area contributed by atoms with E-state index in [2.05, 4.69) is 74.6 Å². The summed E-state index contributed by atoms with van der Waals surface area (Å²) in [6, 6.07) is 15.4. The monoisotopic (exact) mass is 388 g/mol.